The van der Waals surface area contributed by atoms with Gasteiger partial charge in [-0.3, -0.25) is 0 Å². The van der Waals surface area contributed by atoms with Gasteiger partial charge >= 0.3 is 0 Å². The maximum absolute atomic E-state index is 5.74. The monoisotopic (exact) mass is 265 g/mol. The van der Waals surface area contributed by atoms with Crippen LogP contribution in [0.4, 0.5) is 0 Å². The Morgan fingerprint density at radius 2 is 1.95 bits per heavy atom. The average molecular weight is 265 g/mol. The lowest BCUT2D eigenvalue weighted by molar-refractivity contribution is 0.0596. The molecule has 1 saturated carbocycles. The van der Waals surface area contributed by atoms with E-state index >= 15 is 0 Å². The molecule has 1 unspecified atom stereocenters. The minimum atomic E-state index is 0.201. The van der Waals surface area contributed by atoms with Gasteiger partial charge in [-0.05, 0) is 37.6 Å². The molecule has 1 fully saturated rings. The van der Waals surface area contributed by atoms with Crippen LogP contribution in [0.1, 0.15) is 24.4 Å². The van der Waals surface area contributed by atoms with E-state index < -0.39 is 0 Å². The fraction of sp³-hybridized carbons (Fsp3) is 0.600. The summed E-state index contributed by atoms with van der Waals surface area (Å²) in [4.78, 5) is 0. The van der Waals surface area contributed by atoms with Crippen LogP contribution in [0.5, 0.6) is 5.75 Å². The summed E-state index contributed by atoms with van der Waals surface area (Å²) in [6.07, 6.45) is 2.82. The molecule has 0 saturated heterocycles. The normalized spacial score (nSPS) is 16.3. The first-order valence-corrected chi connectivity index (χ1v) is 6.84. The first-order valence-electron chi connectivity index (χ1n) is 6.84. The van der Waals surface area contributed by atoms with E-state index in [1.54, 1.807) is 7.11 Å². The Bertz CT molecular complexity index is 362. The highest BCUT2D eigenvalue weighted by atomic mass is 16.5. The van der Waals surface area contributed by atoms with E-state index in [0.717, 1.165) is 5.75 Å². The molecule has 1 N–H and O–H groups in total. The molecule has 4 heteroatoms. The van der Waals surface area contributed by atoms with Gasteiger partial charge < -0.3 is 19.5 Å². The van der Waals surface area contributed by atoms with Crippen LogP contribution in [0.3, 0.4) is 0 Å². The van der Waals surface area contributed by atoms with Crippen LogP contribution in [0, 0.1) is 0 Å². The molecule has 2 rings (SSSR count). The molecule has 0 aliphatic heterocycles. The molecule has 0 aromatic heterocycles. The Morgan fingerprint density at radius 1 is 1.21 bits per heavy atom. The van der Waals surface area contributed by atoms with Crippen LogP contribution in [-0.4, -0.2) is 40.1 Å². The fourth-order valence-corrected chi connectivity index (χ4v) is 1.85. The molecule has 106 valence electrons. The third-order valence-corrected chi connectivity index (χ3v) is 3.17. The minimum absolute atomic E-state index is 0.201. The maximum Gasteiger partial charge on any atom is 0.119 e. The Morgan fingerprint density at radius 3 is 2.53 bits per heavy atom. The van der Waals surface area contributed by atoms with Crippen molar-refractivity contribution in [2.24, 2.45) is 0 Å². The first kappa shape index (κ1) is 14.3. The molecule has 0 heterocycles. The number of methoxy groups -OCH3 is 1. The Kier molecular flexibility index (Phi) is 5.63. The van der Waals surface area contributed by atoms with E-state index in [1.807, 2.05) is 19.2 Å². The second-order valence-corrected chi connectivity index (χ2v) is 4.80. The number of rotatable bonds is 9. The molecule has 1 aliphatic carbocycles. The average Bonchev–Trinajstić information content (AvgIpc) is 3.24. The molecule has 0 amide bonds. The molecule has 0 spiro atoms. The lowest BCUT2D eigenvalue weighted by atomic mass is 10.1. The summed E-state index contributed by atoms with van der Waals surface area (Å²) in [5.41, 5.74) is 1.21. The van der Waals surface area contributed by atoms with Crippen molar-refractivity contribution in [1.29, 1.82) is 0 Å². The van der Waals surface area contributed by atoms with Gasteiger partial charge in [0.1, 0.15) is 5.75 Å². The van der Waals surface area contributed by atoms with Crippen molar-refractivity contribution in [1.82, 2.24) is 5.32 Å². The second kappa shape index (κ2) is 7.48. The highest BCUT2D eigenvalue weighted by Crippen LogP contribution is 2.27. The zero-order valence-electron chi connectivity index (χ0n) is 11.7. The molecule has 1 aliphatic rings. The third-order valence-electron chi connectivity index (χ3n) is 3.17. The first-order chi connectivity index (χ1) is 9.33. The summed E-state index contributed by atoms with van der Waals surface area (Å²) in [5, 5.41) is 3.26. The number of hydrogen-bond donors (Lipinski definition) is 1. The van der Waals surface area contributed by atoms with Crippen LogP contribution in [0.25, 0.3) is 0 Å². The summed E-state index contributed by atoms with van der Waals surface area (Å²) in [7, 11) is 3.62. The highest BCUT2D eigenvalue weighted by Gasteiger charge is 2.23. The number of nitrogens with one attached hydrogen (secondary N) is 1. The lowest BCUT2D eigenvalue weighted by Gasteiger charge is -2.17. The van der Waals surface area contributed by atoms with E-state index in [0.29, 0.717) is 25.9 Å². The molecule has 1 aromatic rings. The Balaban J connectivity index is 1.82. The standard InChI is InChI=1S/C15H23NO3/c1-16-15(11-18-10-9-17-2)12-3-5-13(6-4-12)19-14-7-8-14/h3-6,14-16H,7-11H2,1-2H3. The van der Waals surface area contributed by atoms with Gasteiger partial charge in [-0.1, -0.05) is 12.1 Å². The van der Waals surface area contributed by atoms with Crippen molar-refractivity contribution in [2.75, 3.05) is 34.0 Å². The van der Waals surface area contributed by atoms with Crippen LogP contribution in [-0.2, 0) is 9.47 Å². The van der Waals surface area contributed by atoms with Crippen LogP contribution in [0.15, 0.2) is 24.3 Å². The molecule has 1 aromatic carbocycles. The van der Waals surface area contributed by atoms with Crippen LogP contribution >= 0.6 is 0 Å². The van der Waals surface area contributed by atoms with Gasteiger partial charge in [0, 0.05) is 7.11 Å². The second-order valence-electron chi connectivity index (χ2n) is 4.80. The van der Waals surface area contributed by atoms with Gasteiger partial charge in [-0.15, -0.1) is 0 Å². The van der Waals surface area contributed by atoms with Crippen molar-refractivity contribution in [2.45, 2.75) is 25.0 Å². The van der Waals surface area contributed by atoms with Gasteiger partial charge in [0.05, 0.1) is 32.0 Å². The maximum atomic E-state index is 5.74. The molecule has 19 heavy (non-hydrogen) atoms. The van der Waals surface area contributed by atoms with Crippen molar-refractivity contribution < 1.29 is 14.2 Å². The topological polar surface area (TPSA) is 39.7 Å². The number of hydrogen-bond acceptors (Lipinski definition) is 4. The molecular formula is C15H23NO3. The molecule has 0 bridgehead atoms. The molecule has 1 atom stereocenters. The molecule has 0 radical (unpaired) electrons. The van der Waals surface area contributed by atoms with Crippen LogP contribution < -0.4 is 10.1 Å². The van der Waals surface area contributed by atoms with Gasteiger partial charge in [-0.25, -0.2) is 0 Å². The lowest BCUT2D eigenvalue weighted by Crippen LogP contribution is -2.22. The molecular weight excluding hydrogens is 242 g/mol. The quantitative estimate of drug-likeness (QED) is 0.695. The van der Waals surface area contributed by atoms with Crippen molar-refractivity contribution in [3.63, 3.8) is 0 Å². The number of benzene rings is 1. The van der Waals surface area contributed by atoms with E-state index in [2.05, 4.69) is 17.4 Å². The van der Waals surface area contributed by atoms with Crippen molar-refractivity contribution in [3.8, 4) is 5.75 Å². The van der Waals surface area contributed by atoms with E-state index in [1.165, 1.54) is 18.4 Å². The summed E-state index contributed by atoms with van der Waals surface area (Å²) in [6.45, 7) is 1.89. The predicted molar refractivity (Wildman–Crippen MR) is 74.6 cm³/mol. The van der Waals surface area contributed by atoms with Crippen LogP contribution in [0.2, 0.25) is 0 Å². The zero-order valence-corrected chi connectivity index (χ0v) is 11.7. The van der Waals surface area contributed by atoms with Gasteiger partial charge in [0.25, 0.3) is 0 Å². The van der Waals surface area contributed by atoms with Gasteiger partial charge in [0.2, 0.25) is 0 Å². The summed E-state index contributed by atoms with van der Waals surface area (Å²) in [6, 6.07) is 8.46. The summed E-state index contributed by atoms with van der Waals surface area (Å²) in [5.74, 6) is 0.960. The largest absolute Gasteiger partial charge is 0.490 e. The fourth-order valence-electron chi connectivity index (χ4n) is 1.85. The Hall–Kier alpha value is -1.10. The van der Waals surface area contributed by atoms with E-state index in [4.69, 9.17) is 14.2 Å². The number of ether oxygens (including phenoxy) is 3. The molecule has 4 nitrogen and oxygen atoms in total. The smallest absolute Gasteiger partial charge is 0.119 e. The van der Waals surface area contributed by atoms with Crippen molar-refractivity contribution in [3.05, 3.63) is 29.8 Å². The predicted octanol–water partition coefficient (Wildman–Crippen LogP) is 2.15. The van der Waals surface area contributed by atoms with Gasteiger partial charge in [-0.2, -0.15) is 0 Å². The SMILES string of the molecule is CNC(COCCOC)c1ccc(OC2CC2)cc1. The van der Waals surface area contributed by atoms with Gasteiger partial charge in [0.15, 0.2) is 0 Å². The highest BCUT2D eigenvalue weighted by molar-refractivity contribution is 5.29. The van der Waals surface area contributed by atoms with Crippen molar-refractivity contribution >= 4 is 0 Å². The Labute approximate surface area is 115 Å². The minimum Gasteiger partial charge on any atom is -0.490 e. The third kappa shape index (κ3) is 4.82. The number of likely N-dealkylation sites (N-methyl/N-ethyl adjacent to an activating group) is 1. The van der Waals surface area contributed by atoms with E-state index in [9.17, 15) is 0 Å². The summed E-state index contributed by atoms with van der Waals surface area (Å²) >= 11 is 0. The zero-order chi connectivity index (χ0) is 13.5. The van der Waals surface area contributed by atoms with E-state index in [-0.39, 0.29) is 6.04 Å². The summed E-state index contributed by atoms with van der Waals surface area (Å²) < 4.78 is 16.3.